The molecule has 24 heavy (non-hydrogen) atoms. The maximum absolute atomic E-state index is 13.0. The van der Waals surface area contributed by atoms with Crippen molar-refractivity contribution < 1.29 is 4.79 Å². The van der Waals surface area contributed by atoms with Gasteiger partial charge in [-0.25, -0.2) is 5.43 Å². The minimum atomic E-state index is 0.129. The van der Waals surface area contributed by atoms with Gasteiger partial charge in [0.1, 0.15) is 0 Å². The SMILES string of the molecule is Cc1ccc(/C=C/C(=O)N(C2CCNN2)C2CC3CCC2C3)cc1. The van der Waals surface area contributed by atoms with Crippen LogP contribution in [0.1, 0.15) is 43.2 Å². The van der Waals surface area contributed by atoms with Crippen LogP contribution in [0.2, 0.25) is 0 Å². The fraction of sp³-hybridized carbons (Fsp3) is 0.550. The van der Waals surface area contributed by atoms with Crippen molar-refractivity contribution in [2.75, 3.05) is 6.54 Å². The van der Waals surface area contributed by atoms with Gasteiger partial charge in [0.05, 0.1) is 6.17 Å². The number of aryl methyl sites for hydroxylation is 1. The molecular formula is C20H27N3O. The predicted molar refractivity (Wildman–Crippen MR) is 95.8 cm³/mol. The Kier molecular flexibility index (Phi) is 4.42. The van der Waals surface area contributed by atoms with Gasteiger partial charge in [0.25, 0.3) is 0 Å². The van der Waals surface area contributed by atoms with E-state index in [4.69, 9.17) is 0 Å². The monoisotopic (exact) mass is 325 g/mol. The van der Waals surface area contributed by atoms with Crippen molar-refractivity contribution in [1.82, 2.24) is 15.8 Å². The maximum atomic E-state index is 13.0. The lowest BCUT2D eigenvalue weighted by Crippen LogP contribution is -2.53. The number of benzene rings is 1. The molecule has 2 N–H and O–H groups in total. The van der Waals surface area contributed by atoms with Crippen LogP contribution < -0.4 is 10.9 Å². The molecule has 1 aromatic carbocycles. The third-order valence-electron chi connectivity index (χ3n) is 5.96. The molecule has 2 saturated carbocycles. The van der Waals surface area contributed by atoms with Gasteiger partial charge < -0.3 is 4.90 Å². The van der Waals surface area contributed by atoms with Gasteiger partial charge in [-0.15, -0.1) is 0 Å². The summed E-state index contributed by atoms with van der Waals surface area (Å²) in [7, 11) is 0. The zero-order chi connectivity index (χ0) is 16.5. The number of amides is 1. The van der Waals surface area contributed by atoms with E-state index in [1.807, 2.05) is 6.08 Å². The summed E-state index contributed by atoms with van der Waals surface area (Å²) in [5.74, 6) is 1.69. The Hall–Kier alpha value is -1.65. The number of carbonyl (C=O) groups excluding carboxylic acids is 1. The zero-order valence-electron chi connectivity index (χ0n) is 14.4. The van der Waals surface area contributed by atoms with Crippen LogP contribution in [-0.4, -0.2) is 29.6 Å². The first-order chi connectivity index (χ1) is 11.7. The van der Waals surface area contributed by atoms with Crippen molar-refractivity contribution in [3.63, 3.8) is 0 Å². The number of carbonyl (C=O) groups is 1. The van der Waals surface area contributed by atoms with Crippen molar-refractivity contribution >= 4 is 12.0 Å². The van der Waals surface area contributed by atoms with Gasteiger partial charge in [-0.2, -0.15) is 0 Å². The molecule has 1 heterocycles. The molecule has 0 spiro atoms. The Balaban J connectivity index is 1.51. The fourth-order valence-electron chi connectivity index (χ4n) is 4.71. The maximum Gasteiger partial charge on any atom is 0.248 e. The molecule has 4 unspecified atom stereocenters. The van der Waals surface area contributed by atoms with Gasteiger partial charge in [-0.05, 0) is 56.1 Å². The molecule has 3 aliphatic rings. The molecule has 4 heteroatoms. The number of hydrogen-bond donors (Lipinski definition) is 2. The molecule has 1 amide bonds. The number of hydrazine groups is 1. The van der Waals surface area contributed by atoms with Crippen molar-refractivity contribution in [2.24, 2.45) is 11.8 Å². The summed E-state index contributed by atoms with van der Waals surface area (Å²) in [5.41, 5.74) is 8.81. The lowest BCUT2D eigenvalue weighted by Gasteiger charge is -2.38. The normalized spacial score (nSPS) is 31.9. The topological polar surface area (TPSA) is 44.4 Å². The molecule has 0 aromatic heterocycles. The minimum Gasteiger partial charge on any atom is -0.319 e. The molecule has 1 saturated heterocycles. The van der Waals surface area contributed by atoms with Gasteiger partial charge in [0, 0.05) is 18.7 Å². The molecule has 3 fully saturated rings. The largest absolute Gasteiger partial charge is 0.319 e. The van der Waals surface area contributed by atoms with Crippen LogP contribution in [0.25, 0.3) is 6.08 Å². The van der Waals surface area contributed by atoms with E-state index in [0.29, 0.717) is 12.0 Å². The zero-order valence-corrected chi connectivity index (χ0v) is 14.4. The molecule has 2 aliphatic carbocycles. The Morgan fingerprint density at radius 1 is 1.17 bits per heavy atom. The van der Waals surface area contributed by atoms with Crippen LogP contribution in [0.15, 0.2) is 30.3 Å². The van der Waals surface area contributed by atoms with E-state index in [9.17, 15) is 4.79 Å². The van der Waals surface area contributed by atoms with E-state index in [2.05, 4.69) is 46.9 Å². The molecule has 4 rings (SSSR count). The Labute approximate surface area is 144 Å². The van der Waals surface area contributed by atoms with E-state index in [-0.39, 0.29) is 12.1 Å². The second-order valence-electron chi connectivity index (χ2n) is 7.61. The summed E-state index contributed by atoms with van der Waals surface area (Å²) < 4.78 is 0. The lowest BCUT2D eigenvalue weighted by atomic mass is 9.93. The first-order valence-corrected chi connectivity index (χ1v) is 9.26. The Morgan fingerprint density at radius 2 is 2.00 bits per heavy atom. The first-order valence-electron chi connectivity index (χ1n) is 9.26. The highest BCUT2D eigenvalue weighted by Crippen LogP contribution is 2.47. The van der Waals surface area contributed by atoms with E-state index in [0.717, 1.165) is 24.4 Å². The van der Waals surface area contributed by atoms with Gasteiger partial charge in [0.2, 0.25) is 5.91 Å². The molecule has 0 radical (unpaired) electrons. The first kappa shape index (κ1) is 15.9. The molecule has 1 aliphatic heterocycles. The van der Waals surface area contributed by atoms with Crippen molar-refractivity contribution in [1.29, 1.82) is 0 Å². The second-order valence-corrected chi connectivity index (χ2v) is 7.61. The molecule has 2 bridgehead atoms. The number of fused-ring (bicyclic) bond motifs is 2. The number of nitrogens with one attached hydrogen (secondary N) is 2. The van der Waals surface area contributed by atoms with E-state index in [1.165, 1.54) is 31.2 Å². The van der Waals surface area contributed by atoms with Crippen LogP contribution >= 0.6 is 0 Å². The molecular weight excluding hydrogens is 298 g/mol. The second kappa shape index (κ2) is 6.69. The smallest absolute Gasteiger partial charge is 0.248 e. The molecule has 128 valence electrons. The lowest BCUT2D eigenvalue weighted by molar-refractivity contribution is -0.132. The van der Waals surface area contributed by atoms with Gasteiger partial charge >= 0.3 is 0 Å². The van der Waals surface area contributed by atoms with Crippen molar-refractivity contribution in [2.45, 2.75) is 51.2 Å². The molecule has 4 atom stereocenters. The third-order valence-corrected chi connectivity index (χ3v) is 5.96. The quantitative estimate of drug-likeness (QED) is 0.837. The highest BCUT2D eigenvalue weighted by atomic mass is 16.2. The predicted octanol–water partition coefficient (Wildman–Crippen LogP) is 2.85. The summed E-state index contributed by atoms with van der Waals surface area (Å²) in [6.07, 6.45) is 9.98. The van der Waals surface area contributed by atoms with Crippen LogP contribution in [0.4, 0.5) is 0 Å². The molecule has 4 nitrogen and oxygen atoms in total. The van der Waals surface area contributed by atoms with Gasteiger partial charge in [-0.3, -0.25) is 10.2 Å². The average Bonchev–Trinajstić information content (AvgIpc) is 3.33. The van der Waals surface area contributed by atoms with Crippen LogP contribution in [0.3, 0.4) is 0 Å². The van der Waals surface area contributed by atoms with Gasteiger partial charge in [-0.1, -0.05) is 36.2 Å². The van der Waals surface area contributed by atoms with Crippen LogP contribution in [-0.2, 0) is 4.79 Å². The number of nitrogens with zero attached hydrogens (tertiary/aromatic N) is 1. The number of rotatable bonds is 4. The van der Waals surface area contributed by atoms with Crippen molar-refractivity contribution in [3.05, 3.63) is 41.5 Å². The Morgan fingerprint density at radius 3 is 2.62 bits per heavy atom. The highest BCUT2D eigenvalue weighted by Gasteiger charge is 2.45. The summed E-state index contributed by atoms with van der Waals surface area (Å²) in [6.45, 7) is 3.01. The fourth-order valence-corrected chi connectivity index (χ4v) is 4.71. The standard InChI is InChI=1S/C20H27N3O/c1-14-2-4-15(5-3-14)7-9-20(24)23(19-10-11-21-22-19)18-13-16-6-8-17(18)12-16/h2-5,7,9,16-19,21-22H,6,8,10-13H2,1H3/b9-7+. The Bertz CT molecular complexity index is 618. The van der Waals surface area contributed by atoms with Crippen molar-refractivity contribution in [3.8, 4) is 0 Å². The minimum absolute atomic E-state index is 0.129. The van der Waals surface area contributed by atoms with Crippen LogP contribution in [0, 0.1) is 18.8 Å². The van der Waals surface area contributed by atoms with E-state index < -0.39 is 0 Å². The summed E-state index contributed by atoms with van der Waals surface area (Å²) in [5, 5.41) is 0. The highest BCUT2D eigenvalue weighted by molar-refractivity contribution is 5.92. The van der Waals surface area contributed by atoms with E-state index in [1.54, 1.807) is 6.08 Å². The average molecular weight is 325 g/mol. The summed E-state index contributed by atoms with van der Waals surface area (Å²) in [4.78, 5) is 15.1. The summed E-state index contributed by atoms with van der Waals surface area (Å²) in [6, 6.07) is 8.71. The summed E-state index contributed by atoms with van der Waals surface area (Å²) >= 11 is 0. The number of hydrogen-bond acceptors (Lipinski definition) is 3. The molecule has 1 aromatic rings. The van der Waals surface area contributed by atoms with E-state index >= 15 is 0 Å². The van der Waals surface area contributed by atoms with Crippen LogP contribution in [0.5, 0.6) is 0 Å². The third kappa shape index (κ3) is 3.13. The van der Waals surface area contributed by atoms with Gasteiger partial charge in [0.15, 0.2) is 0 Å².